The first-order chi connectivity index (χ1) is 8.96. The summed E-state index contributed by atoms with van der Waals surface area (Å²) in [5, 5.41) is 0.110. The zero-order valence-corrected chi connectivity index (χ0v) is 12.3. The first-order valence-electron chi connectivity index (χ1n) is 6.63. The highest BCUT2D eigenvalue weighted by molar-refractivity contribution is 7.89. The molecular weight excluding hydrogens is 264 g/mol. The lowest BCUT2D eigenvalue weighted by atomic mass is 9.85. The summed E-state index contributed by atoms with van der Waals surface area (Å²) in [6, 6.07) is -0.00856. The van der Waals surface area contributed by atoms with Gasteiger partial charge in [-0.3, -0.25) is 0 Å². The average Bonchev–Trinajstić information content (AvgIpc) is 2.85. The Kier molecular flexibility index (Phi) is 4.27. The van der Waals surface area contributed by atoms with E-state index in [0.717, 1.165) is 25.7 Å². The molecule has 1 heterocycles. The van der Waals surface area contributed by atoms with Crippen molar-refractivity contribution in [2.45, 2.75) is 36.8 Å². The lowest BCUT2D eigenvalue weighted by Crippen LogP contribution is -2.45. The highest BCUT2D eigenvalue weighted by Crippen LogP contribution is 2.30. The fraction of sp³-hybridized carbons (Fsp3) is 0.750. The molecule has 0 bridgehead atoms. The van der Waals surface area contributed by atoms with E-state index in [1.54, 1.807) is 18.7 Å². The van der Waals surface area contributed by atoms with Crippen molar-refractivity contribution in [2.75, 3.05) is 13.6 Å². The fourth-order valence-corrected chi connectivity index (χ4v) is 4.20. The van der Waals surface area contributed by atoms with Crippen molar-refractivity contribution in [3.63, 3.8) is 0 Å². The zero-order valence-electron chi connectivity index (χ0n) is 11.5. The van der Waals surface area contributed by atoms with Gasteiger partial charge in [-0.25, -0.2) is 13.4 Å². The standard InChI is InChI=1S/C12H22N4O2S/c1-15-8-12(14-9-15)19(17,18)16(2)11-6-4-3-5-10(11)7-13/h8-11H,3-7,13H2,1-2H3. The number of imidazole rings is 1. The van der Waals surface area contributed by atoms with Gasteiger partial charge < -0.3 is 10.3 Å². The molecule has 1 fully saturated rings. The van der Waals surface area contributed by atoms with Crippen LogP contribution in [0.3, 0.4) is 0 Å². The second-order valence-corrected chi connectivity index (χ2v) is 7.19. The summed E-state index contributed by atoms with van der Waals surface area (Å²) >= 11 is 0. The molecule has 0 saturated heterocycles. The Labute approximate surface area is 114 Å². The summed E-state index contributed by atoms with van der Waals surface area (Å²) in [6.07, 6.45) is 7.11. The second-order valence-electron chi connectivity index (χ2n) is 5.25. The molecule has 0 radical (unpaired) electrons. The number of hydrogen-bond donors (Lipinski definition) is 1. The van der Waals surface area contributed by atoms with E-state index >= 15 is 0 Å². The minimum Gasteiger partial charge on any atom is -0.339 e. The molecule has 2 unspecified atom stereocenters. The van der Waals surface area contributed by atoms with Crippen LogP contribution in [0.2, 0.25) is 0 Å². The van der Waals surface area contributed by atoms with E-state index in [2.05, 4.69) is 4.98 Å². The number of rotatable bonds is 4. The molecule has 1 aromatic rings. The molecule has 1 aromatic heterocycles. The SMILES string of the molecule is CN(C1CCCCC1CN)S(=O)(=O)c1cn(C)cn1. The van der Waals surface area contributed by atoms with Crippen LogP contribution < -0.4 is 5.73 Å². The van der Waals surface area contributed by atoms with Crippen molar-refractivity contribution >= 4 is 10.0 Å². The van der Waals surface area contributed by atoms with Crippen molar-refractivity contribution in [3.05, 3.63) is 12.5 Å². The van der Waals surface area contributed by atoms with Crippen molar-refractivity contribution in [1.29, 1.82) is 0 Å². The van der Waals surface area contributed by atoms with Crippen molar-refractivity contribution < 1.29 is 8.42 Å². The largest absolute Gasteiger partial charge is 0.339 e. The third-order valence-corrected chi connectivity index (χ3v) is 5.73. The van der Waals surface area contributed by atoms with Crippen LogP contribution in [0.25, 0.3) is 0 Å². The van der Waals surface area contributed by atoms with Gasteiger partial charge in [0.25, 0.3) is 10.0 Å². The van der Waals surface area contributed by atoms with Gasteiger partial charge in [0, 0.05) is 26.3 Å². The summed E-state index contributed by atoms with van der Waals surface area (Å²) < 4.78 is 28.1. The Bertz CT molecular complexity index is 526. The lowest BCUT2D eigenvalue weighted by molar-refractivity contribution is 0.204. The predicted molar refractivity (Wildman–Crippen MR) is 73.0 cm³/mol. The fourth-order valence-electron chi connectivity index (χ4n) is 2.79. The zero-order chi connectivity index (χ0) is 14.0. The smallest absolute Gasteiger partial charge is 0.262 e. The molecule has 0 amide bonds. The van der Waals surface area contributed by atoms with Crippen LogP contribution >= 0.6 is 0 Å². The summed E-state index contributed by atoms with van der Waals surface area (Å²) in [6.45, 7) is 0.534. The first kappa shape index (κ1) is 14.5. The predicted octanol–water partition coefficient (Wildman–Crippen LogP) is 0.558. The van der Waals surface area contributed by atoms with Gasteiger partial charge in [0.05, 0.1) is 6.33 Å². The van der Waals surface area contributed by atoms with Gasteiger partial charge in [0.2, 0.25) is 0 Å². The molecule has 0 aromatic carbocycles. The second kappa shape index (κ2) is 5.60. The van der Waals surface area contributed by atoms with Crippen LogP contribution in [0.5, 0.6) is 0 Å². The normalized spacial score (nSPS) is 24.8. The van der Waals surface area contributed by atoms with E-state index in [-0.39, 0.29) is 17.0 Å². The number of sulfonamides is 1. The maximum Gasteiger partial charge on any atom is 0.262 e. The Balaban J connectivity index is 2.24. The third-order valence-electron chi connectivity index (χ3n) is 3.96. The number of aryl methyl sites for hydroxylation is 1. The Morgan fingerprint density at radius 3 is 2.74 bits per heavy atom. The minimum atomic E-state index is -3.51. The van der Waals surface area contributed by atoms with Crippen LogP contribution in [-0.2, 0) is 17.1 Å². The molecule has 2 atom stereocenters. The molecule has 2 N–H and O–H groups in total. The molecule has 2 rings (SSSR count). The summed E-state index contributed by atoms with van der Waals surface area (Å²) in [4.78, 5) is 3.96. The van der Waals surface area contributed by atoms with Crippen LogP contribution in [0.4, 0.5) is 0 Å². The van der Waals surface area contributed by atoms with E-state index in [0.29, 0.717) is 6.54 Å². The molecular formula is C12H22N4O2S. The molecule has 19 heavy (non-hydrogen) atoms. The average molecular weight is 286 g/mol. The number of hydrogen-bond acceptors (Lipinski definition) is 4. The van der Waals surface area contributed by atoms with Crippen molar-refractivity contribution in [2.24, 2.45) is 18.7 Å². The van der Waals surface area contributed by atoms with E-state index in [1.807, 2.05) is 0 Å². The van der Waals surface area contributed by atoms with Crippen LogP contribution in [0.15, 0.2) is 17.6 Å². The van der Waals surface area contributed by atoms with E-state index < -0.39 is 10.0 Å². The molecule has 7 heteroatoms. The van der Waals surface area contributed by atoms with E-state index in [4.69, 9.17) is 5.73 Å². The molecule has 0 spiro atoms. The highest BCUT2D eigenvalue weighted by Gasteiger charge is 2.35. The Morgan fingerprint density at radius 2 is 2.16 bits per heavy atom. The molecule has 6 nitrogen and oxygen atoms in total. The monoisotopic (exact) mass is 286 g/mol. The quantitative estimate of drug-likeness (QED) is 0.877. The van der Waals surface area contributed by atoms with Crippen LogP contribution in [0.1, 0.15) is 25.7 Å². The van der Waals surface area contributed by atoms with Gasteiger partial charge in [0.15, 0.2) is 5.03 Å². The van der Waals surface area contributed by atoms with Crippen molar-refractivity contribution in [1.82, 2.24) is 13.9 Å². The van der Waals surface area contributed by atoms with Gasteiger partial charge in [-0.15, -0.1) is 0 Å². The van der Waals surface area contributed by atoms with E-state index in [1.165, 1.54) is 16.8 Å². The third kappa shape index (κ3) is 2.82. The maximum absolute atomic E-state index is 12.5. The molecule has 1 aliphatic carbocycles. The van der Waals surface area contributed by atoms with Crippen LogP contribution in [-0.4, -0.2) is 41.9 Å². The number of nitrogens with two attached hydrogens (primary N) is 1. The Hall–Kier alpha value is -0.920. The van der Waals surface area contributed by atoms with Crippen molar-refractivity contribution in [3.8, 4) is 0 Å². The van der Waals surface area contributed by atoms with Gasteiger partial charge >= 0.3 is 0 Å². The molecule has 0 aliphatic heterocycles. The minimum absolute atomic E-state index is 0.00856. The number of nitrogens with zero attached hydrogens (tertiary/aromatic N) is 3. The van der Waals surface area contributed by atoms with Gasteiger partial charge in [0.1, 0.15) is 0 Å². The first-order valence-corrected chi connectivity index (χ1v) is 8.07. The Morgan fingerprint density at radius 1 is 1.47 bits per heavy atom. The van der Waals surface area contributed by atoms with Gasteiger partial charge in [-0.1, -0.05) is 12.8 Å². The highest BCUT2D eigenvalue weighted by atomic mass is 32.2. The van der Waals surface area contributed by atoms with Gasteiger partial charge in [-0.05, 0) is 25.3 Å². The summed E-state index contributed by atoms with van der Waals surface area (Å²) in [7, 11) is -0.114. The summed E-state index contributed by atoms with van der Waals surface area (Å²) in [5.41, 5.74) is 5.78. The topological polar surface area (TPSA) is 81.2 Å². The lowest BCUT2D eigenvalue weighted by Gasteiger charge is -2.36. The van der Waals surface area contributed by atoms with E-state index in [9.17, 15) is 8.42 Å². The maximum atomic E-state index is 12.5. The van der Waals surface area contributed by atoms with Gasteiger partial charge in [-0.2, -0.15) is 4.31 Å². The molecule has 1 aliphatic rings. The van der Waals surface area contributed by atoms with Crippen LogP contribution in [0, 0.1) is 5.92 Å². The molecule has 108 valence electrons. The summed E-state index contributed by atoms with van der Waals surface area (Å²) in [5.74, 6) is 0.247. The number of aromatic nitrogens is 2. The molecule has 1 saturated carbocycles.